The van der Waals surface area contributed by atoms with Gasteiger partial charge in [-0.25, -0.2) is 17.2 Å². The number of carbonyl (C=O) groups is 1. The van der Waals surface area contributed by atoms with Gasteiger partial charge in [0.15, 0.2) is 0 Å². The molecule has 0 heterocycles. The summed E-state index contributed by atoms with van der Waals surface area (Å²) in [5.41, 5.74) is -0.502. The highest BCUT2D eigenvalue weighted by molar-refractivity contribution is 9.10. The van der Waals surface area contributed by atoms with Gasteiger partial charge in [0, 0.05) is 9.50 Å². The molecule has 30 heavy (non-hydrogen) atoms. The maximum Gasteiger partial charge on any atom is 0.262 e. The van der Waals surface area contributed by atoms with Gasteiger partial charge in [0.25, 0.3) is 15.9 Å². The van der Waals surface area contributed by atoms with Crippen molar-refractivity contribution < 1.29 is 22.0 Å². The molecule has 0 fully saturated rings. The van der Waals surface area contributed by atoms with Crippen LogP contribution in [-0.2, 0) is 10.0 Å². The highest BCUT2D eigenvalue weighted by atomic mass is 79.9. The third-order valence-corrected chi connectivity index (χ3v) is 6.25. The number of rotatable bonds is 5. The standard InChI is InChI=1S/C19H11BrCl2F2N2O3S/c20-10-1-5-18(15(23)7-10)26-30(28,29)12-3-6-17(16(24)9-12)25-19(27)13-4-2-11(21)8-14(13)22/h1-9,26H,(H,25,27). The molecule has 0 unspecified atom stereocenters. The molecule has 11 heteroatoms. The molecule has 0 spiro atoms. The van der Waals surface area contributed by atoms with E-state index < -0.39 is 32.5 Å². The van der Waals surface area contributed by atoms with Crippen LogP contribution in [0.4, 0.5) is 20.2 Å². The first kappa shape index (κ1) is 22.5. The van der Waals surface area contributed by atoms with E-state index in [1.807, 2.05) is 4.72 Å². The Labute approximate surface area is 189 Å². The van der Waals surface area contributed by atoms with Gasteiger partial charge in [-0.1, -0.05) is 39.1 Å². The summed E-state index contributed by atoms with van der Waals surface area (Å²) in [6.07, 6.45) is 0. The van der Waals surface area contributed by atoms with Crippen LogP contribution >= 0.6 is 39.1 Å². The molecule has 3 aromatic rings. The van der Waals surface area contributed by atoms with Crippen LogP contribution in [0.25, 0.3) is 0 Å². The third kappa shape index (κ3) is 5.10. The number of anilines is 2. The van der Waals surface area contributed by atoms with Crippen LogP contribution in [0.15, 0.2) is 64.0 Å². The van der Waals surface area contributed by atoms with Gasteiger partial charge in [-0.2, -0.15) is 0 Å². The number of halogens is 5. The average Bonchev–Trinajstić information content (AvgIpc) is 2.65. The largest absolute Gasteiger partial charge is 0.319 e. The normalized spacial score (nSPS) is 11.2. The minimum absolute atomic E-state index is 0.0598. The summed E-state index contributed by atoms with van der Waals surface area (Å²) >= 11 is 14.8. The quantitative estimate of drug-likeness (QED) is 0.415. The summed E-state index contributed by atoms with van der Waals surface area (Å²) in [6, 6.07) is 10.8. The van der Waals surface area contributed by atoms with Gasteiger partial charge in [0.05, 0.1) is 26.9 Å². The first-order valence-electron chi connectivity index (χ1n) is 8.10. The van der Waals surface area contributed by atoms with Crippen LogP contribution in [-0.4, -0.2) is 14.3 Å². The summed E-state index contributed by atoms with van der Waals surface area (Å²) in [4.78, 5) is 11.9. The molecule has 0 aliphatic carbocycles. The van der Waals surface area contributed by atoms with Crippen molar-refractivity contribution in [1.82, 2.24) is 0 Å². The van der Waals surface area contributed by atoms with Crippen molar-refractivity contribution in [2.75, 3.05) is 10.0 Å². The van der Waals surface area contributed by atoms with E-state index in [0.29, 0.717) is 15.6 Å². The van der Waals surface area contributed by atoms with Crippen molar-refractivity contribution in [3.63, 3.8) is 0 Å². The molecule has 0 radical (unpaired) electrons. The lowest BCUT2D eigenvalue weighted by Gasteiger charge is -2.12. The molecule has 0 aliphatic heterocycles. The minimum Gasteiger partial charge on any atom is -0.319 e. The molecule has 0 saturated carbocycles. The van der Waals surface area contributed by atoms with Crippen LogP contribution in [0, 0.1) is 11.6 Å². The zero-order valence-electron chi connectivity index (χ0n) is 14.7. The van der Waals surface area contributed by atoms with Crippen LogP contribution in [0.5, 0.6) is 0 Å². The summed E-state index contributed by atoms with van der Waals surface area (Å²) in [7, 11) is -4.27. The summed E-state index contributed by atoms with van der Waals surface area (Å²) in [5, 5.41) is 2.70. The summed E-state index contributed by atoms with van der Waals surface area (Å²) in [6.45, 7) is 0. The summed E-state index contributed by atoms with van der Waals surface area (Å²) in [5.74, 6) is -2.52. The van der Waals surface area contributed by atoms with E-state index in [4.69, 9.17) is 23.2 Å². The SMILES string of the molecule is O=C(Nc1ccc(S(=O)(=O)Nc2ccc(Br)cc2F)cc1F)c1ccc(Cl)cc1Cl. The number of amides is 1. The van der Waals surface area contributed by atoms with Gasteiger partial charge in [-0.3, -0.25) is 9.52 Å². The lowest BCUT2D eigenvalue weighted by molar-refractivity contribution is 0.102. The first-order valence-corrected chi connectivity index (χ1v) is 11.1. The fourth-order valence-corrected chi connectivity index (χ4v) is 4.31. The lowest BCUT2D eigenvalue weighted by Crippen LogP contribution is -2.16. The van der Waals surface area contributed by atoms with Gasteiger partial charge in [-0.15, -0.1) is 0 Å². The zero-order chi connectivity index (χ0) is 22.1. The van der Waals surface area contributed by atoms with Crippen LogP contribution in [0.2, 0.25) is 10.0 Å². The number of hydrogen-bond donors (Lipinski definition) is 2. The lowest BCUT2D eigenvalue weighted by atomic mass is 10.2. The van der Waals surface area contributed by atoms with E-state index in [1.54, 1.807) is 0 Å². The fourth-order valence-electron chi connectivity index (χ4n) is 2.40. The Morgan fingerprint density at radius 1 is 0.900 bits per heavy atom. The second kappa shape index (κ2) is 8.89. The number of carbonyl (C=O) groups excluding carboxylic acids is 1. The van der Waals surface area contributed by atoms with Crippen LogP contribution in [0.3, 0.4) is 0 Å². The Morgan fingerprint density at radius 3 is 2.20 bits per heavy atom. The molecule has 0 atom stereocenters. The molecule has 0 saturated heterocycles. The Morgan fingerprint density at radius 2 is 1.57 bits per heavy atom. The van der Waals surface area contributed by atoms with Gasteiger partial charge < -0.3 is 5.32 Å². The molecule has 0 bridgehead atoms. The van der Waals surface area contributed by atoms with E-state index >= 15 is 0 Å². The van der Waals surface area contributed by atoms with Crippen molar-refractivity contribution in [3.05, 3.63) is 86.3 Å². The van der Waals surface area contributed by atoms with E-state index in [2.05, 4.69) is 21.2 Å². The van der Waals surface area contributed by atoms with E-state index in [9.17, 15) is 22.0 Å². The smallest absolute Gasteiger partial charge is 0.262 e. The average molecular weight is 536 g/mol. The third-order valence-electron chi connectivity index (χ3n) is 3.85. The molecule has 0 aliphatic rings. The molecule has 3 aromatic carbocycles. The molecule has 156 valence electrons. The molecule has 1 amide bonds. The molecule has 3 rings (SSSR count). The Kier molecular flexibility index (Phi) is 6.66. The number of nitrogens with one attached hydrogen (secondary N) is 2. The van der Waals surface area contributed by atoms with Crippen molar-refractivity contribution in [3.8, 4) is 0 Å². The highest BCUT2D eigenvalue weighted by Gasteiger charge is 2.20. The van der Waals surface area contributed by atoms with Gasteiger partial charge in [0.2, 0.25) is 0 Å². The van der Waals surface area contributed by atoms with Gasteiger partial charge in [0.1, 0.15) is 11.6 Å². The predicted molar refractivity (Wildman–Crippen MR) is 116 cm³/mol. The van der Waals surface area contributed by atoms with Crippen molar-refractivity contribution >= 4 is 66.4 Å². The Bertz CT molecular complexity index is 1260. The van der Waals surface area contributed by atoms with Crippen LogP contribution in [0.1, 0.15) is 10.4 Å². The molecular weight excluding hydrogens is 525 g/mol. The number of benzene rings is 3. The monoisotopic (exact) mass is 534 g/mol. The molecule has 0 aromatic heterocycles. The van der Waals surface area contributed by atoms with Crippen LogP contribution < -0.4 is 10.0 Å². The predicted octanol–water partition coefficient (Wildman–Crippen LogP) is 6.09. The molecule has 5 nitrogen and oxygen atoms in total. The second-order valence-electron chi connectivity index (χ2n) is 5.95. The van der Waals surface area contributed by atoms with E-state index in [0.717, 1.165) is 18.2 Å². The highest BCUT2D eigenvalue weighted by Crippen LogP contribution is 2.26. The Balaban J connectivity index is 1.82. The fraction of sp³-hybridized carbons (Fsp3) is 0. The molecule has 2 N–H and O–H groups in total. The maximum absolute atomic E-state index is 14.5. The van der Waals surface area contributed by atoms with Crippen molar-refractivity contribution in [1.29, 1.82) is 0 Å². The number of sulfonamides is 1. The first-order chi connectivity index (χ1) is 14.1. The number of hydrogen-bond acceptors (Lipinski definition) is 3. The minimum atomic E-state index is -4.27. The van der Waals surface area contributed by atoms with E-state index in [1.165, 1.54) is 30.3 Å². The summed E-state index contributed by atoms with van der Waals surface area (Å²) < 4.78 is 55.7. The van der Waals surface area contributed by atoms with E-state index in [-0.39, 0.29) is 22.0 Å². The topological polar surface area (TPSA) is 75.3 Å². The van der Waals surface area contributed by atoms with Crippen molar-refractivity contribution in [2.45, 2.75) is 4.90 Å². The maximum atomic E-state index is 14.5. The van der Waals surface area contributed by atoms with Crippen molar-refractivity contribution in [2.24, 2.45) is 0 Å². The Hall–Kier alpha value is -2.20. The van der Waals surface area contributed by atoms with Gasteiger partial charge >= 0.3 is 0 Å². The zero-order valence-corrected chi connectivity index (χ0v) is 18.6. The van der Waals surface area contributed by atoms with Gasteiger partial charge in [-0.05, 0) is 54.6 Å². The molecular formula is C19H11BrCl2F2N2O3S. The second-order valence-corrected chi connectivity index (χ2v) is 9.39.